The molecule has 0 radical (unpaired) electrons. The minimum atomic E-state index is -0.249. The highest BCUT2D eigenvalue weighted by atomic mass is 35.5. The van der Waals surface area contributed by atoms with Crippen molar-refractivity contribution in [3.05, 3.63) is 28.0 Å². The van der Waals surface area contributed by atoms with Gasteiger partial charge in [-0.15, -0.1) is 0 Å². The fourth-order valence-electron chi connectivity index (χ4n) is 1.53. The van der Waals surface area contributed by atoms with E-state index in [4.69, 9.17) is 16.3 Å². The SMILES string of the molecule is COc1cc(F)c2c(c1Cl)CNC2. The maximum absolute atomic E-state index is 13.3. The summed E-state index contributed by atoms with van der Waals surface area (Å²) in [4.78, 5) is 0. The summed E-state index contributed by atoms with van der Waals surface area (Å²) >= 11 is 5.99. The molecule has 1 aliphatic rings. The second-order valence-electron chi connectivity index (χ2n) is 2.94. The smallest absolute Gasteiger partial charge is 0.140 e. The van der Waals surface area contributed by atoms with E-state index in [1.54, 1.807) is 0 Å². The summed E-state index contributed by atoms with van der Waals surface area (Å²) in [6.07, 6.45) is 0. The molecule has 70 valence electrons. The van der Waals surface area contributed by atoms with Crippen molar-refractivity contribution in [1.82, 2.24) is 5.32 Å². The van der Waals surface area contributed by atoms with Crippen molar-refractivity contribution < 1.29 is 9.13 Å². The van der Waals surface area contributed by atoms with Gasteiger partial charge in [0.1, 0.15) is 11.6 Å². The highest BCUT2D eigenvalue weighted by Crippen LogP contribution is 2.34. The summed E-state index contributed by atoms with van der Waals surface area (Å²) in [5.74, 6) is 0.155. The Morgan fingerprint density at radius 1 is 1.46 bits per heavy atom. The predicted molar refractivity (Wildman–Crippen MR) is 48.5 cm³/mol. The molecule has 0 saturated heterocycles. The molecule has 0 spiro atoms. The molecular weight excluding hydrogens is 193 g/mol. The van der Waals surface area contributed by atoms with Crippen LogP contribution in [0.3, 0.4) is 0 Å². The number of halogens is 2. The Morgan fingerprint density at radius 3 is 2.85 bits per heavy atom. The van der Waals surface area contributed by atoms with Crippen LogP contribution in [0.25, 0.3) is 0 Å². The van der Waals surface area contributed by atoms with Crippen molar-refractivity contribution in [2.24, 2.45) is 0 Å². The zero-order valence-electron chi connectivity index (χ0n) is 7.16. The molecule has 0 unspecified atom stereocenters. The van der Waals surface area contributed by atoms with Crippen molar-refractivity contribution in [2.45, 2.75) is 13.1 Å². The van der Waals surface area contributed by atoms with Gasteiger partial charge in [0.05, 0.1) is 12.1 Å². The van der Waals surface area contributed by atoms with E-state index >= 15 is 0 Å². The maximum atomic E-state index is 13.3. The summed E-state index contributed by atoms with van der Waals surface area (Å²) in [6, 6.07) is 1.33. The van der Waals surface area contributed by atoms with E-state index in [0.29, 0.717) is 29.4 Å². The van der Waals surface area contributed by atoms with E-state index in [9.17, 15) is 4.39 Å². The van der Waals surface area contributed by atoms with Gasteiger partial charge in [-0.3, -0.25) is 0 Å². The van der Waals surface area contributed by atoms with Crippen molar-refractivity contribution in [1.29, 1.82) is 0 Å². The van der Waals surface area contributed by atoms with E-state index in [1.165, 1.54) is 13.2 Å². The molecule has 0 fully saturated rings. The van der Waals surface area contributed by atoms with Gasteiger partial charge in [-0.2, -0.15) is 0 Å². The molecule has 13 heavy (non-hydrogen) atoms. The predicted octanol–water partition coefficient (Wildman–Crippen LogP) is 2.09. The largest absolute Gasteiger partial charge is 0.495 e. The molecule has 1 aromatic carbocycles. The second-order valence-corrected chi connectivity index (χ2v) is 3.31. The van der Waals surface area contributed by atoms with Crippen LogP contribution in [0.1, 0.15) is 11.1 Å². The quantitative estimate of drug-likeness (QED) is 0.751. The lowest BCUT2D eigenvalue weighted by Gasteiger charge is -2.07. The van der Waals surface area contributed by atoms with Crippen LogP contribution in [0.15, 0.2) is 6.07 Å². The highest BCUT2D eigenvalue weighted by Gasteiger charge is 2.21. The van der Waals surface area contributed by atoms with Gasteiger partial charge in [0.25, 0.3) is 0 Å². The number of nitrogens with one attached hydrogen (secondary N) is 1. The van der Waals surface area contributed by atoms with Gasteiger partial charge in [0.2, 0.25) is 0 Å². The Hall–Kier alpha value is -0.800. The van der Waals surface area contributed by atoms with Crippen LogP contribution in [0, 0.1) is 5.82 Å². The van der Waals surface area contributed by atoms with Crippen molar-refractivity contribution in [3.63, 3.8) is 0 Å². The molecule has 0 aromatic heterocycles. The standard InChI is InChI=1S/C9H9ClFNO/c1-13-8-2-7(11)5-3-12-4-6(5)9(8)10/h2,12H,3-4H2,1H3. The average molecular weight is 202 g/mol. The van der Waals surface area contributed by atoms with Gasteiger partial charge < -0.3 is 10.1 Å². The van der Waals surface area contributed by atoms with Crippen LogP contribution in [0.4, 0.5) is 4.39 Å². The summed E-state index contributed by atoms with van der Waals surface area (Å²) < 4.78 is 18.3. The van der Waals surface area contributed by atoms with Crippen LogP contribution >= 0.6 is 11.6 Å². The molecule has 1 heterocycles. The molecule has 2 rings (SSSR count). The Kier molecular flexibility index (Phi) is 2.14. The van der Waals surface area contributed by atoms with Crippen LogP contribution in [0.5, 0.6) is 5.75 Å². The van der Waals surface area contributed by atoms with Gasteiger partial charge in [0.15, 0.2) is 0 Å². The molecule has 4 heteroatoms. The molecular formula is C9H9ClFNO. The Morgan fingerprint density at radius 2 is 2.15 bits per heavy atom. The molecule has 2 nitrogen and oxygen atoms in total. The fraction of sp³-hybridized carbons (Fsp3) is 0.333. The molecule has 0 amide bonds. The maximum Gasteiger partial charge on any atom is 0.140 e. The van der Waals surface area contributed by atoms with Gasteiger partial charge >= 0.3 is 0 Å². The minimum absolute atomic E-state index is 0.249. The number of fused-ring (bicyclic) bond motifs is 1. The normalized spacial score (nSPS) is 14.4. The van der Waals surface area contributed by atoms with E-state index in [2.05, 4.69) is 5.32 Å². The lowest BCUT2D eigenvalue weighted by atomic mass is 10.1. The molecule has 0 atom stereocenters. The summed E-state index contributed by atoms with van der Waals surface area (Å²) in [5.41, 5.74) is 1.48. The zero-order valence-corrected chi connectivity index (χ0v) is 7.91. The molecule has 0 aliphatic carbocycles. The van der Waals surface area contributed by atoms with Crippen molar-refractivity contribution in [2.75, 3.05) is 7.11 Å². The van der Waals surface area contributed by atoms with Crippen LogP contribution in [-0.4, -0.2) is 7.11 Å². The van der Waals surface area contributed by atoms with Crippen molar-refractivity contribution >= 4 is 11.6 Å². The van der Waals surface area contributed by atoms with Crippen molar-refractivity contribution in [3.8, 4) is 5.75 Å². The van der Waals surface area contributed by atoms with E-state index in [0.717, 1.165) is 5.56 Å². The van der Waals surface area contributed by atoms with Crippen LogP contribution < -0.4 is 10.1 Å². The second kappa shape index (κ2) is 3.16. The van der Waals surface area contributed by atoms with E-state index in [-0.39, 0.29) is 5.82 Å². The zero-order chi connectivity index (χ0) is 9.42. The molecule has 1 aliphatic heterocycles. The number of hydrogen-bond acceptors (Lipinski definition) is 2. The highest BCUT2D eigenvalue weighted by molar-refractivity contribution is 6.33. The number of rotatable bonds is 1. The third-order valence-corrected chi connectivity index (χ3v) is 2.63. The first-order chi connectivity index (χ1) is 6.24. The molecule has 1 aromatic rings. The van der Waals surface area contributed by atoms with E-state index in [1.807, 2.05) is 0 Å². The number of ether oxygens (including phenoxy) is 1. The monoisotopic (exact) mass is 201 g/mol. The van der Waals surface area contributed by atoms with Gasteiger partial charge in [0, 0.05) is 24.7 Å². The average Bonchev–Trinajstić information content (AvgIpc) is 2.60. The van der Waals surface area contributed by atoms with Gasteiger partial charge in [-0.05, 0) is 5.56 Å². The van der Waals surface area contributed by atoms with Gasteiger partial charge in [-0.25, -0.2) is 4.39 Å². The third-order valence-electron chi connectivity index (χ3n) is 2.22. The molecule has 1 N–H and O–H groups in total. The minimum Gasteiger partial charge on any atom is -0.495 e. The van der Waals surface area contributed by atoms with E-state index < -0.39 is 0 Å². The first-order valence-corrected chi connectivity index (χ1v) is 4.36. The topological polar surface area (TPSA) is 21.3 Å². The first-order valence-electron chi connectivity index (χ1n) is 3.98. The Bertz CT molecular complexity index is 354. The number of methoxy groups -OCH3 is 1. The molecule has 0 saturated carbocycles. The summed E-state index contributed by atoms with van der Waals surface area (Å²) in [6.45, 7) is 1.16. The van der Waals surface area contributed by atoms with Crippen LogP contribution in [-0.2, 0) is 13.1 Å². The number of benzene rings is 1. The Labute approximate surface area is 80.7 Å². The number of hydrogen-bond donors (Lipinski definition) is 1. The lowest BCUT2D eigenvalue weighted by molar-refractivity contribution is 0.410. The van der Waals surface area contributed by atoms with Gasteiger partial charge in [-0.1, -0.05) is 11.6 Å². The summed E-state index contributed by atoms with van der Waals surface area (Å²) in [5, 5.41) is 3.56. The lowest BCUT2D eigenvalue weighted by Crippen LogP contribution is -2.00. The fourth-order valence-corrected chi connectivity index (χ4v) is 1.84. The molecule has 0 bridgehead atoms. The third kappa shape index (κ3) is 1.28. The summed E-state index contributed by atoms with van der Waals surface area (Å²) in [7, 11) is 1.48. The van der Waals surface area contributed by atoms with Crippen LogP contribution in [0.2, 0.25) is 5.02 Å². The Balaban J connectivity index is 2.62. The first kappa shape index (κ1) is 8.78.